The highest BCUT2D eigenvalue weighted by molar-refractivity contribution is 5.90. The van der Waals surface area contributed by atoms with E-state index in [2.05, 4.69) is 5.48 Å². The van der Waals surface area contributed by atoms with Gasteiger partial charge in [-0.1, -0.05) is 48.5 Å². The van der Waals surface area contributed by atoms with E-state index < -0.39 is 0 Å². The molecule has 0 unspecified atom stereocenters. The van der Waals surface area contributed by atoms with Crippen molar-refractivity contribution in [3.63, 3.8) is 0 Å². The Balaban J connectivity index is 1.88. The van der Waals surface area contributed by atoms with Gasteiger partial charge in [0.1, 0.15) is 0 Å². The molecule has 0 amide bonds. The summed E-state index contributed by atoms with van der Waals surface area (Å²) in [6.45, 7) is 2.38. The Morgan fingerprint density at radius 3 is 2.44 bits per heavy atom. The molecule has 18 heavy (non-hydrogen) atoms. The van der Waals surface area contributed by atoms with Gasteiger partial charge in [-0.15, -0.1) is 5.48 Å². The van der Waals surface area contributed by atoms with Crippen molar-refractivity contribution in [2.45, 2.75) is 13.5 Å². The molecule has 0 heterocycles. The van der Waals surface area contributed by atoms with E-state index in [1.54, 1.807) is 6.07 Å². The van der Waals surface area contributed by atoms with Crippen LogP contribution in [0.25, 0.3) is 0 Å². The molecule has 0 saturated heterocycles. The third-order valence-corrected chi connectivity index (χ3v) is 2.65. The van der Waals surface area contributed by atoms with E-state index in [1.165, 1.54) is 0 Å². The number of hydrogen-bond acceptors (Lipinski definition) is 3. The maximum atomic E-state index is 11.8. The maximum absolute atomic E-state index is 11.8. The van der Waals surface area contributed by atoms with Gasteiger partial charge in [0.15, 0.2) is 0 Å². The molecule has 0 aromatic heterocycles. The van der Waals surface area contributed by atoms with Gasteiger partial charge in [0.25, 0.3) is 0 Å². The van der Waals surface area contributed by atoms with Gasteiger partial charge < -0.3 is 4.84 Å². The topological polar surface area (TPSA) is 38.3 Å². The van der Waals surface area contributed by atoms with Crippen LogP contribution in [0.2, 0.25) is 0 Å². The van der Waals surface area contributed by atoms with Crippen LogP contribution in [0.5, 0.6) is 0 Å². The van der Waals surface area contributed by atoms with Crippen LogP contribution in [-0.2, 0) is 11.4 Å². The number of rotatable bonds is 4. The average molecular weight is 241 g/mol. The lowest BCUT2D eigenvalue weighted by molar-refractivity contribution is 0.0236. The molecule has 2 rings (SSSR count). The Labute approximate surface area is 106 Å². The van der Waals surface area contributed by atoms with Gasteiger partial charge in [-0.3, -0.25) is 0 Å². The van der Waals surface area contributed by atoms with Crippen molar-refractivity contribution in [3.8, 4) is 0 Å². The summed E-state index contributed by atoms with van der Waals surface area (Å²) in [4.78, 5) is 16.8. The molecule has 0 bridgehead atoms. The van der Waals surface area contributed by atoms with E-state index in [1.807, 2.05) is 55.5 Å². The monoisotopic (exact) mass is 241 g/mol. The average Bonchev–Trinajstić information content (AvgIpc) is 2.40. The summed E-state index contributed by atoms with van der Waals surface area (Å²) in [6, 6.07) is 17.1. The number of aryl methyl sites for hydroxylation is 1. The highest BCUT2D eigenvalue weighted by Gasteiger charge is 2.09. The molecule has 0 atom stereocenters. The van der Waals surface area contributed by atoms with Crippen LogP contribution in [0.1, 0.15) is 21.5 Å². The zero-order valence-electron chi connectivity index (χ0n) is 10.2. The fourth-order valence-electron chi connectivity index (χ4n) is 1.64. The molecule has 3 nitrogen and oxygen atoms in total. The van der Waals surface area contributed by atoms with Crippen LogP contribution < -0.4 is 5.48 Å². The maximum Gasteiger partial charge on any atom is 0.357 e. The van der Waals surface area contributed by atoms with Crippen LogP contribution in [0.3, 0.4) is 0 Å². The number of carbonyl (C=O) groups is 1. The first-order valence-corrected chi connectivity index (χ1v) is 5.81. The largest absolute Gasteiger partial charge is 0.366 e. The van der Waals surface area contributed by atoms with Gasteiger partial charge in [0.2, 0.25) is 0 Å². The second-order valence-corrected chi connectivity index (χ2v) is 4.01. The zero-order chi connectivity index (χ0) is 12.8. The van der Waals surface area contributed by atoms with Gasteiger partial charge in [-0.2, -0.15) is 0 Å². The Morgan fingerprint density at radius 2 is 1.72 bits per heavy atom. The Morgan fingerprint density at radius 1 is 1.06 bits per heavy atom. The van der Waals surface area contributed by atoms with Crippen molar-refractivity contribution in [1.82, 2.24) is 5.48 Å². The first kappa shape index (κ1) is 12.3. The summed E-state index contributed by atoms with van der Waals surface area (Å²) >= 11 is 0. The summed E-state index contributed by atoms with van der Waals surface area (Å²) < 4.78 is 0. The standard InChI is InChI=1S/C15H15NO2/c1-12-7-5-6-10-14(12)15(17)18-16-11-13-8-3-2-4-9-13/h2-10,16H,11H2,1H3. The molecule has 1 N–H and O–H groups in total. The fraction of sp³-hybridized carbons (Fsp3) is 0.133. The molecule has 0 fully saturated rings. The second-order valence-electron chi connectivity index (χ2n) is 4.01. The minimum atomic E-state index is -0.357. The second kappa shape index (κ2) is 5.98. The Bertz CT molecular complexity index is 523. The van der Waals surface area contributed by atoms with Crippen LogP contribution in [0.4, 0.5) is 0 Å². The summed E-state index contributed by atoms with van der Waals surface area (Å²) in [7, 11) is 0. The van der Waals surface area contributed by atoms with Crippen LogP contribution >= 0.6 is 0 Å². The quantitative estimate of drug-likeness (QED) is 0.836. The molecule has 0 aliphatic heterocycles. The highest BCUT2D eigenvalue weighted by Crippen LogP contribution is 2.08. The third kappa shape index (κ3) is 3.18. The molecule has 0 aliphatic rings. The van der Waals surface area contributed by atoms with Crippen molar-refractivity contribution in [2.75, 3.05) is 0 Å². The van der Waals surface area contributed by atoms with Crippen LogP contribution in [-0.4, -0.2) is 5.97 Å². The molecule has 3 heteroatoms. The van der Waals surface area contributed by atoms with Gasteiger partial charge in [0, 0.05) is 0 Å². The van der Waals surface area contributed by atoms with Crippen LogP contribution in [0.15, 0.2) is 54.6 Å². The molecule has 2 aromatic carbocycles. The predicted molar refractivity (Wildman–Crippen MR) is 69.9 cm³/mol. The molecule has 0 spiro atoms. The van der Waals surface area contributed by atoms with Gasteiger partial charge in [-0.05, 0) is 24.1 Å². The van der Waals surface area contributed by atoms with Crippen molar-refractivity contribution >= 4 is 5.97 Å². The van der Waals surface area contributed by atoms with Crippen molar-refractivity contribution in [1.29, 1.82) is 0 Å². The SMILES string of the molecule is Cc1ccccc1C(=O)ONCc1ccccc1. The fourth-order valence-corrected chi connectivity index (χ4v) is 1.64. The summed E-state index contributed by atoms with van der Waals surface area (Å²) in [6.07, 6.45) is 0. The minimum absolute atomic E-state index is 0.357. The summed E-state index contributed by atoms with van der Waals surface area (Å²) in [5.41, 5.74) is 5.23. The smallest absolute Gasteiger partial charge is 0.357 e. The summed E-state index contributed by atoms with van der Waals surface area (Å²) in [5, 5.41) is 0. The summed E-state index contributed by atoms with van der Waals surface area (Å²) in [5.74, 6) is -0.357. The minimum Gasteiger partial charge on any atom is -0.366 e. The molecule has 0 aliphatic carbocycles. The molecule has 2 aromatic rings. The molecule has 0 radical (unpaired) electrons. The first-order chi connectivity index (χ1) is 8.77. The van der Waals surface area contributed by atoms with E-state index >= 15 is 0 Å². The predicted octanol–water partition coefficient (Wildman–Crippen LogP) is 2.86. The van der Waals surface area contributed by atoms with E-state index in [0.717, 1.165) is 11.1 Å². The molecular formula is C15H15NO2. The van der Waals surface area contributed by atoms with Gasteiger partial charge >= 0.3 is 5.97 Å². The molecule has 0 saturated carbocycles. The number of hydrogen-bond donors (Lipinski definition) is 1. The van der Waals surface area contributed by atoms with Gasteiger partial charge in [-0.25, -0.2) is 4.79 Å². The number of hydroxylamine groups is 1. The number of benzene rings is 2. The van der Waals surface area contributed by atoms with Gasteiger partial charge in [0.05, 0.1) is 12.1 Å². The van der Waals surface area contributed by atoms with Crippen LogP contribution in [0, 0.1) is 6.92 Å². The van der Waals surface area contributed by atoms with Crippen molar-refractivity contribution < 1.29 is 9.63 Å². The third-order valence-electron chi connectivity index (χ3n) is 2.65. The van der Waals surface area contributed by atoms with E-state index in [4.69, 9.17) is 4.84 Å². The highest BCUT2D eigenvalue weighted by atomic mass is 16.7. The zero-order valence-corrected chi connectivity index (χ0v) is 10.2. The van der Waals surface area contributed by atoms with E-state index in [9.17, 15) is 4.79 Å². The number of nitrogens with one attached hydrogen (secondary N) is 1. The lowest BCUT2D eigenvalue weighted by Gasteiger charge is -2.07. The van der Waals surface area contributed by atoms with E-state index in [0.29, 0.717) is 12.1 Å². The lowest BCUT2D eigenvalue weighted by atomic mass is 10.1. The Hall–Kier alpha value is -2.13. The van der Waals surface area contributed by atoms with Crippen molar-refractivity contribution in [3.05, 3.63) is 71.3 Å². The number of carbonyl (C=O) groups excluding carboxylic acids is 1. The lowest BCUT2D eigenvalue weighted by Crippen LogP contribution is -2.20. The molecule has 92 valence electrons. The normalized spacial score (nSPS) is 10.1. The van der Waals surface area contributed by atoms with E-state index in [-0.39, 0.29) is 5.97 Å². The first-order valence-electron chi connectivity index (χ1n) is 5.81. The van der Waals surface area contributed by atoms with Crippen molar-refractivity contribution in [2.24, 2.45) is 0 Å². The molecular weight excluding hydrogens is 226 g/mol. The Kier molecular flexibility index (Phi) is 4.10.